The van der Waals surface area contributed by atoms with E-state index < -0.39 is 0 Å². The molecule has 0 atom stereocenters. The van der Waals surface area contributed by atoms with Gasteiger partial charge in [-0.25, -0.2) is 4.98 Å². The molecule has 1 heterocycles. The minimum absolute atomic E-state index is 0.795. The van der Waals surface area contributed by atoms with Crippen LogP contribution in [0.25, 0.3) is 0 Å². The molecule has 3 nitrogen and oxygen atoms in total. The van der Waals surface area contributed by atoms with E-state index in [2.05, 4.69) is 15.0 Å². The van der Waals surface area contributed by atoms with Crippen LogP contribution in [0.1, 0.15) is 5.82 Å². The first-order valence-electron chi connectivity index (χ1n) is 2.82. The third-order valence-electron chi connectivity index (χ3n) is 1.02. The molecule has 3 heteroatoms. The number of aromatic amines is 1. The summed E-state index contributed by atoms with van der Waals surface area (Å²) in [7, 11) is 1.75. The predicted molar refractivity (Wildman–Crippen MR) is 36.7 cm³/mol. The number of hydrogen-bond acceptors (Lipinski definition) is 2. The van der Waals surface area contributed by atoms with Crippen molar-refractivity contribution in [1.82, 2.24) is 9.97 Å². The SMILES string of the molecule is CN=CCc1ncc[nH]1. The monoisotopic (exact) mass is 123 g/mol. The lowest BCUT2D eigenvalue weighted by atomic mass is 10.4. The Bertz CT molecular complexity index is 176. The molecule has 1 N–H and O–H groups in total. The number of rotatable bonds is 2. The Labute approximate surface area is 53.9 Å². The van der Waals surface area contributed by atoms with Crippen LogP contribution >= 0.6 is 0 Å². The fourth-order valence-electron chi connectivity index (χ4n) is 0.587. The van der Waals surface area contributed by atoms with Gasteiger partial charge in [0, 0.05) is 32.1 Å². The highest BCUT2D eigenvalue weighted by Gasteiger charge is 1.86. The molecule has 0 amide bonds. The van der Waals surface area contributed by atoms with Crippen LogP contribution in [0.2, 0.25) is 0 Å². The Hall–Kier alpha value is -1.12. The van der Waals surface area contributed by atoms with Crippen LogP contribution in [0.3, 0.4) is 0 Å². The smallest absolute Gasteiger partial charge is 0.111 e. The van der Waals surface area contributed by atoms with E-state index >= 15 is 0 Å². The van der Waals surface area contributed by atoms with Crippen molar-refractivity contribution in [3.63, 3.8) is 0 Å². The van der Waals surface area contributed by atoms with E-state index in [1.54, 1.807) is 19.4 Å². The van der Waals surface area contributed by atoms with Crippen molar-refractivity contribution in [3.05, 3.63) is 18.2 Å². The van der Waals surface area contributed by atoms with Crippen molar-refractivity contribution < 1.29 is 0 Å². The van der Waals surface area contributed by atoms with Crippen molar-refractivity contribution in [3.8, 4) is 0 Å². The largest absolute Gasteiger partial charge is 0.348 e. The van der Waals surface area contributed by atoms with Gasteiger partial charge in [0.2, 0.25) is 0 Å². The maximum absolute atomic E-state index is 4.01. The van der Waals surface area contributed by atoms with Crippen molar-refractivity contribution in [2.75, 3.05) is 7.05 Å². The number of aromatic nitrogens is 2. The number of aliphatic imine (C=N–C) groups is 1. The predicted octanol–water partition coefficient (Wildman–Crippen LogP) is 0.653. The molecule has 0 aromatic carbocycles. The summed E-state index contributed by atoms with van der Waals surface area (Å²) in [6, 6.07) is 0. The summed E-state index contributed by atoms with van der Waals surface area (Å²) in [6.07, 6.45) is 6.15. The average molecular weight is 123 g/mol. The molecule has 0 saturated carbocycles. The molecule has 1 aromatic heterocycles. The molecule has 0 radical (unpaired) electrons. The van der Waals surface area contributed by atoms with E-state index in [1.807, 2.05) is 6.21 Å². The molecular weight excluding hydrogens is 114 g/mol. The molecule has 0 fully saturated rings. The first kappa shape index (κ1) is 6.01. The number of H-pyrrole nitrogens is 1. The molecule has 0 aliphatic carbocycles. The van der Waals surface area contributed by atoms with E-state index in [-0.39, 0.29) is 0 Å². The Morgan fingerprint density at radius 2 is 2.78 bits per heavy atom. The van der Waals surface area contributed by atoms with Crippen LogP contribution in [0.4, 0.5) is 0 Å². The Morgan fingerprint density at radius 1 is 1.89 bits per heavy atom. The van der Waals surface area contributed by atoms with Gasteiger partial charge in [-0.2, -0.15) is 0 Å². The van der Waals surface area contributed by atoms with E-state index in [4.69, 9.17) is 0 Å². The van der Waals surface area contributed by atoms with Gasteiger partial charge in [0.25, 0.3) is 0 Å². The van der Waals surface area contributed by atoms with Crippen LogP contribution in [-0.4, -0.2) is 23.2 Å². The number of imidazole rings is 1. The van der Waals surface area contributed by atoms with Gasteiger partial charge in [-0.05, 0) is 0 Å². The van der Waals surface area contributed by atoms with E-state index in [9.17, 15) is 0 Å². The second-order valence-electron chi connectivity index (χ2n) is 1.68. The Kier molecular flexibility index (Phi) is 2.01. The van der Waals surface area contributed by atoms with Gasteiger partial charge in [-0.3, -0.25) is 0 Å². The highest BCUT2D eigenvalue weighted by Crippen LogP contribution is 1.85. The summed E-state index contributed by atoms with van der Waals surface area (Å²) in [5, 5.41) is 0. The normalized spacial score (nSPS) is 10.8. The minimum atomic E-state index is 0.795. The molecule has 0 saturated heterocycles. The van der Waals surface area contributed by atoms with Gasteiger partial charge in [0.1, 0.15) is 5.82 Å². The minimum Gasteiger partial charge on any atom is -0.348 e. The summed E-state index contributed by atoms with van der Waals surface area (Å²) >= 11 is 0. The lowest BCUT2D eigenvalue weighted by molar-refractivity contribution is 1.09. The Balaban J connectivity index is 2.48. The van der Waals surface area contributed by atoms with Crippen molar-refractivity contribution in [1.29, 1.82) is 0 Å². The lowest BCUT2D eigenvalue weighted by Crippen LogP contribution is -1.87. The van der Waals surface area contributed by atoms with Gasteiger partial charge in [-0.1, -0.05) is 0 Å². The summed E-state index contributed by atoms with van der Waals surface area (Å²) in [4.78, 5) is 10.8. The first-order valence-corrected chi connectivity index (χ1v) is 2.82. The van der Waals surface area contributed by atoms with E-state index in [0.717, 1.165) is 12.2 Å². The van der Waals surface area contributed by atoms with Gasteiger partial charge in [0.15, 0.2) is 0 Å². The van der Waals surface area contributed by atoms with Crippen molar-refractivity contribution >= 4 is 6.21 Å². The second kappa shape index (κ2) is 3.02. The summed E-state index contributed by atoms with van der Waals surface area (Å²) in [5.41, 5.74) is 0. The summed E-state index contributed by atoms with van der Waals surface area (Å²) in [6.45, 7) is 0. The molecule has 1 rings (SSSR count). The molecule has 0 bridgehead atoms. The quantitative estimate of drug-likeness (QED) is 0.576. The van der Waals surface area contributed by atoms with Crippen LogP contribution in [0.5, 0.6) is 0 Å². The standard InChI is InChI=1S/C6H9N3/c1-7-3-2-6-8-4-5-9-6/h3-5H,2H2,1H3,(H,8,9). The highest BCUT2D eigenvalue weighted by atomic mass is 14.9. The maximum Gasteiger partial charge on any atom is 0.111 e. The van der Waals surface area contributed by atoms with Gasteiger partial charge < -0.3 is 9.98 Å². The number of hydrogen-bond donors (Lipinski definition) is 1. The molecule has 0 spiro atoms. The van der Waals surface area contributed by atoms with Crippen LogP contribution in [-0.2, 0) is 6.42 Å². The zero-order valence-corrected chi connectivity index (χ0v) is 5.33. The van der Waals surface area contributed by atoms with E-state index in [0.29, 0.717) is 0 Å². The highest BCUT2D eigenvalue weighted by molar-refractivity contribution is 5.59. The molecule has 9 heavy (non-hydrogen) atoms. The third-order valence-corrected chi connectivity index (χ3v) is 1.02. The van der Waals surface area contributed by atoms with Crippen LogP contribution in [0, 0.1) is 0 Å². The summed E-state index contributed by atoms with van der Waals surface area (Å²) in [5.74, 6) is 0.959. The molecule has 48 valence electrons. The number of nitrogens with zero attached hydrogens (tertiary/aromatic N) is 2. The molecule has 0 aliphatic heterocycles. The molecule has 0 unspecified atom stereocenters. The van der Waals surface area contributed by atoms with Crippen molar-refractivity contribution in [2.45, 2.75) is 6.42 Å². The fourth-order valence-corrected chi connectivity index (χ4v) is 0.587. The Morgan fingerprint density at radius 3 is 3.33 bits per heavy atom. The van der Waals surface area contributed by atoms with Gasteiger partial charge in [-0.15, -0.1) is 0 Å². The zero-order valence-electron chi connectivity index (χ0n) is 5.33. The van der Waals surface area contributed by atoms with Crippen molar-refractivity contribution in [2.24, 2.45) is 4.99 Å². The zero-order chi connectivity index (χ0) is 6.53. The maximum atomic E-state index is 4.01. The lowest BCUT2D eigenvalue weighted by Gasteiger charge is -1.83. The summed E-state index contributed by atoms with van der Waals surface area (Å²) < 4.78 is 0. The fraction of sp³-hybridized carbons (Fsp3) is 0.333. The number of nitrogens with one attached hydrogen (secondary N) is 1. The van der Waals surface area contributed by atoms with Crippen LogP contribution in [0.15, 0.2) is 17.4 Å². The molecule has 1 aromatic rings. The first-order chi connectivity index (χ1) is 4.43. The van der Waals surface area contributed by atoms with Gasteiger partial charge in [0.05, 0.1) is 0 Å². The average Bonchev–Trinajstić information content (AvgIpc) is 2.34. The second-order valence-corrected chi connectivity index (χ2v) is 1.68. The molecule has 0 aliphatic rings. The van der Waals surface area contributed by atoms with E-state index in [1.165, 1.54) is 0 Å². The van der Waals surface area contributed by atoms with Gasteiger partial charge >= 0.3 is 0 Å². The van der Waals surface area contributed by atoms with Crippen LogP contribution < -0.4 is 0 Å². The molecular formula is C6H9N3. The third kappa shape index (κ3) is 1.68. The topological polar surface area (TPSA) is 41.0 Å².